The van der Waals surface area contributed by atoms with Crippen molar-refractivity contribution >= 4 is 23.4 Å². The molecule has 0 bridgehead atoms. The summed E-state index contributed by atoms with van der Waals surface area (Å²) < 4.78 is 0. The number of aromatic carboxylic acids is 1. The summed E-state index contributed by atoms with van der Waals surface area (Å²) in [4.78, 5) is 19.1. The van der Waals surface area contributed by atoms with Gasteiger partial charge in [0.05, 0.1) is 10.6 Å². The second-order valence-electron chi connectivity index (χ2n) is 4.41. The fourth-order valence-electron chi connectivity index (χ4n) is 1.54. The van der Waals surface area contributed by atoms with Crippen LogP contribution in [0, 0.1) is 0 Å². The van der Waals surface area contributed by atoms with Crippen LogP contribution in [-0.2, 0) is 0 Å². The predicted octanol–water partition coefficient (Wildman–Crippen LogP) is 1.82. The third kappa shape index (κ3) is 4.16. The molecule has 1 aromatic heterocycles. The lowest BCUT2D eigenvalue weighted by Crippen LogP contribution is -2.24. The minimum absolute atomic E-state index is 0.0844. The van der Waals surface area contributed by atoms with Crippen LogP contribution >= 0.6 is 11.6 Å². The first kappa shape index (κ1) is 14.7. The van der Waals surface area contributed by atoms with Gasteiger partial charge in [-0.2, -0.15) is 0 Å². The van der Waals surface area contributed by atoms with E-state index in [0.717, 1.165) is 19.5 Å². The highest BCUT2D eigenvalue weighted by Gasteiger charge is 2.12. The summed E-state index contributed by atoms with van der Waals surface area (Å²) >= 11 is 5.77. The molecule has 0 unspecified atom stereocenters. The number of carbonyl (C=O) groups is 1. The molecule has 0 saturated carbocycles. The van der Waals surface area contributed by atoms with Crippen molar-refractivity contribution in [3.05, 3.63) is 22.8 Å². The molecule has 0 aliphatic rings. The summed E-state index contributed by atoms with van der Waals surface area (Å²) in [5, 5.41) is 9.14. The van der Waals surface area contributed by atoms with Gasteiger partial charge in [0.1, 0.15) is 5.82 Å². The highest BCUT2D eigenvalue weighted by Crippen LogP contribution is 2.19. The Kier molecular flexibility index (Phi) is 5.37. The van der Waals surface area contributed by atoms with E-state index in [1.807, 2.05) is 26.0 Å². The van der Waals surface area contributed by atoms with Gasteiger partial charge in [0, 0.05) is 19.8 Å². The number of nitrogens with zero attached hydrogens (tertiary/aromatic N) is 3. The Bertz CT molecular complexity index is 424. The molecule has 1 rings (SSSR count). The summed E-state index contributed by atoms with van der Waals surface area (Å²) in [6.07, 6.45) is 2.36. The largest absolute Gasteiger partial charge is 0.478 e. The third-order valence-corrected chi connectivity index (χ3v) is 2.86. The lowest BCUT2D eigenvalue weighted by molar-refractivity contribution is 0.0697. The second-order valence-corrected chi connectivity index (χ2v) is 4.81. The van der Waals surface area contributed by atoms with Crippen LogP contribution in [0.2, 0.25) is 5.02 Å². The Labute approximate surface area is 112 Å². The summed E-state index contributed by atoms with van der Waals surface area (Å²) in [6, 6.07) is 1.50. The Balaban J connectivity index is 2.71. The molecular formula is C12H18ClN3O2. The molecule has 100 valence electrons. The highest BCUT2D eigenvalue weighted by atomic mass is 35.5. The van der Waals surface area contributed by atoms with E-state index in [1.54, 1.807) is 0 Å². The molecule has 0 aliphatic carbocycles. The van der Waals surface area contributed by atoms with Crippen LogP contribution < -0.4 is 4.90 Å². The van der Waals surface area contributed by atoms with Crippen LogP contribution in [-0.4, -0.2) is 55.2 Å². The number of aromatic nitrogens is 1. The van der Waals surface area contributed by atoms with Gasteiger partial charge in [0.2, 0.25) is 0 Å². The number of anilines is 1. The van der Waals surface area contributed by atoms with Crippen molar-refractivity contribution in [1.82, 2.24) is 9.88 Å². The van der Waals surface area contributed by atoms with E-state index in [2.05, 4.69) is 9.88 Å². The zero-order valence-electron chi connectivity index (χ0n) is 10.9. The smallest absolute Gasteiger partial charge is 0.337 e. The Morgan fingerprint density at radius 1 is 1.39 bits per heavy atom. The number of hydrogen-bond donors (Lipinski definition) is 1. The number of hydrogen-bond acceptors (Lipinski definition) is 4. The van der Waals surface area contributed by atoms with Crippen LogP contribution in [0.3, 0.4) is 0 Å². The van der Waals surface area contributed by atoms with Crippen molar-refractivity contribution in [3.8, 4) is 0 Å². The van der Waals surface area contributed by atoms with E-state index in [4.69, 9.17) is 16.7 Å². The van der Waals surface area contributed by atoms with E-state index in [-0.39, 0.29) is 10.6 Å². The average Bonchev–Trinajstić information content (AvgIpc) is 2.28. The molecule has 0 aromatic carbocycles. The van der Waals surface area contributed by atoms with E-state index in [9.17, 15) is 4.79 Å². The molecule has 0 spiro atoms. The maximum absolute atomic E-state index is 11.0. The lowest BCUT2D eigenvalue weighted by atomic mass is 10.2. The van der Waals surface area contributed by atoms with E-state index in [0.29, 0.717) is 5.82 Å². The van der Waals surface area contributed by atoms with Gasteiger partial charge in [0.15, 0.2) is 0 Å². The molecule has 1 N–H and O–H groups in total. The first-order valence-electron chi connectivity index (χ1n) is 5.66. The van der Waals surface area contributed by atoms with Crippen molar-refractivity contribution in [1.29, 1.82) is 0 Å². The molecule has 1 heterocycles. The number of pyridine rings is 1. The number of carboxylic acids is 1. The third-order valence-electron chi connectivity index (χ3n) is 2.56. The predicted molar refractivity (Wildman–Crippen MR) is 72.6 cm³/mol. The highest BCUT2D eigenvalue weighted by molar-refractivity contribution is 6.33. The van der Waals surface area contributed by atoms with E-state index in [1.165, 1.54) is 12.3 Å². The first-order chi connectivity index (χ1) is 8.41. The van der Waals surface area contributed by atoms with Crippen LogP contribution in [0.25, 0.3) is 0 Å². The molecular weight excluding hydrogens is 254 g/mol. The van der Waals surface area contributed by atoms with Crippen LogP contribution in [0.1, 0.15) is 16.8 Å². The molecule has 6 heteroatoms. The molecule has 0 fully saturated rings. The van der Waals surface area contributed by atoms with E-state index >= 15 is 0 Å². The molecule has 0 amide bonds. The van der Waals surface area contributed by atoms with Crippen molar-refractivity contribution in [2.75, 3.05) is 39.1 Å². The minimum Gasteiger partial charge on any atom is -0.478 e. The SMILES string of the molecule is CN(C)CCCN(C)c1cc(C(=O)O)c(Cl)cn1. The minimum atomic E-state index is -1.04. The standard InChI is InChI=1S/C12H18ClN3O2/c1-15(2)5-4-6-16(3)11-7-9(12(17)18)10(13)8-14-11/h7-8H,4-6H2,1-3H3,(H,17,18). The molecule has 0 aliphatic heterocycles. The topological polar surface area (TPSA) is 56.7 Å². The Hall–Kier alpha value is -1.33. The van der Waals surface area contributed by atoms with Crippen LogP contribution in [0.5, 0.6) is 0 Å². The average molecular weight is 272 g/mol. The summed E-state index contributed by atoms with van der Waals surface area (Å²) in [6.45, 7) is 1.79. The van der Waals surface area contributed by atoms with Crippen molar-refractivity contribution < 1.29 is 9.90 Å². The monoisotopic (exact) mass is 271 g/mol. The maximum atomic E-state index is 11.0. The van der Waals surface area contributed by atoms with Gasteiger partial charge in [-0.15, -0.1) is 0 Å². The van der Waals surface area contributed by atoms with Crippen molar-refractivity contribution in [3.63, 3.8) is 0 Å². The van der Waals surface area contributed by atoms with Gasteiger partial charge in [0.25, 0.3) is 0 Å². The molecule has 0 radical (unpaired) electrons. The molecule has 0 atom stereocenters. The number of halogens is 1. The summed E-state index contributed by atoms with van der Waals surface area (Å²) in [5.74, 6) is -0.416. The van der Waals surface area contributed by atoms with Gasteiger partial charge in [-0.25, -0.2) is 9.78 Å². The summed E-state index contributed by atoms with van der Waals surface area (Å²) in [5.41, 5.74) is 0.0844. The fraction of sp³-hybridized carbons (Fsp3) is 0.500. The van der Waals surface area contributed by atoms with Crippen LogP contribution in [0.4, 0.5) is 5.82 Å². The van der Waals surface area contributed by atoms with Crippen molar-refractivity contribution in [2.45, 2.75) is 6.42 Å². The van der Waals surface area contributed by atoms with Gasteiger partial charge >= 0.3 is 5.97 Å². The second kappa shape index (κ2) is 6.56. The fourth-order valence-corrected chi connectivity index (χ4v) is 1.72. The quantitative estimate of drug-likeness (QED) is 0.855. The molecule has 5 nitrogen and oxygen atoms in total. The van der Waals surface area contributed by atoms with Gasteiger partial charge < -0.3 is 14.9 Å². The van der Waals surface area contributed by atoms with Crippen LogP contribution in [0.15, 0.2) is 12.3 Å². The number of rotatable bonds is 6. The zero-order chi connectivity index (χ0) is 13.7. The molecule has 18 heavy (non-hydrogen) atoms. The summed E-state index contributed by atoms with van der Waals surface area (Å²) in [7, 11) is 5.92. The normalized spacial score (nSPS) is 10.7. The zero-order valence-corrected chi connectivity index (χ0v) is 11.6. The van der Waals surface area contributed by atoms with Gasteiger partial charge in [-0.1, -0.05) is 11.6 Å². The van der Waals surface area contributed by atoms with Crippen molar-refractivity contribution in [2.24, 2.45) is 0 Å². The number of carboxylic acid groups (broad SMARTS) is 1. The Morgan fingerprint density at radius 2 is 2.06 bits per heavy atom. The van der Waals surface area contributed by atoms with Gasteiger partial charge in [-0.3, -0.25) is 0 Å². The molecule has 1 aromatic rings. The van der Waals surface area contributed by atoms with E-state index < -0.39 is 5.97 Å². The maximum Gasteiger partial charge on any atom is 0.337 e. The van der Waals surface area contributed by atoms with Gasteiger partial charge in [-0.05, 0) is 33.1 Å². The molecule has 0 saturated heterocycles. The first-order valence-corrected chi connectivity index (χ1v) is 6.04. The lowest BCUT2D eigenvalue weighted by Gasteiger charge is -2.19. The Morgan fingerprint density at radius 3 is 2.61 bits per heavy atom.